The second-order valence-electron chi connectivity index (χ2n) is 2.82. The van der Waals surface area contributed by atoms with Crippen LogP contribution in [0.1, 0.15) is 24.1 Å². The number of aryl methyl sites for hydroxylation is 1. The fourth-order valence-corrected chi connectivity index (χ4v) is 1.56. The molecular formula is C8H9N3. The summed E-state index contributed by atoms with van der Waals surface area (Å²) in [4.78, 5) is 3.35. The minimum Gasteiger partial charge on any atom is -0.359 e. The van der Waals surface area contributed by atoms with Gasteiger partial charge in [0.2, 0.25) is 0 Å². The fraction of sp³-hybridized carbons (Fsp3) is 0.500. The maximum atomic E-state index is 6.84. The van der Waals surface area contributed by atoms with Crippen LogP contribution < -0.4 is 0 Å². The molecule has 0 amide bonds. The van der Waals surface area contributed by atoms with Crippen molar-refractivity contribution < 1.29 is 0 Å². The number of fused-ring (bicyclic) bond motifs is 1. The Balaban J connectivity index is 2.48. The first-order valence-corrected chi connectivity index (χ1v) is 3.85. The number of nitrogens with zero attached hydrogens (tertiary/aromatic N) is 2. The summed E-state index contributed by atoms with van der Waals surface area (Å²) in [6, 6.07) is 0. The number of aromatic nitrogens is 2. The summed E-state index contributed by atoms with van der Waals surface area (Å²) in [5.41, 5.74) is 2.34. The predicted molar refractivity (Wildman–Crippen MR) is 41.5 cm³/mol. The van der Waals surface area contributed by atoms with Crippen molar-refractivity contribution >= 4 is 5.82 Å². The average Bonchev–Trinajstić information content (AvgIpc) is 2.47. The smallest absolute Gasteiger partial charge is 0.298 e. The molecule has 0 radical (unpaired) electrons. The molecule has 0 fully saturated rings. The summed E-state index contributed by atoms with van der Waals surface area (Å²) in [6.07, 6.45) is 4.53. The van der Waals surface area contributed by atoms with Gasteiger partial charge in [-0.2, -0.15) is 0 Å². The van der Waals surface area contributed by atoms with Crippen molar-refractivity contribution in [3.05, 3.63) is 22.7 Å². The molecule has 0 saturated carbocycles. The van der Waals surface area contributed by atoms with E-state index in [9.17, 15) is 0 Å². The Morgan fingerprint density at radius 2 is 2.18 bits per heavy atom. The zero-order valence-electron chi connectivity index (χ0n) is 6.22. The van der Waals surface area contributed by atoms with E-state index in [4.69, 9.17) is 6.57 Å². The number of hydrogen-bond donors (Lipinski definition) is 1. The molecule has 1 aromatic heterocycles. The van der Waals surface area contributed by atoms with E-state index in [-0.39, 0.29) is 0 Å². The molecule has 0 saturated heterocycles. The largest absolute Gasteiger partial charge is 0.359 e. The first-order valence-electron chi connectivity index (χ1n) is 3.85. The van der Waals surface area contributed by atoms with Crippen LogP contribution in [0.5, 0.6) is 0 Å². The molecule has 1 aliphatic rings. The van der Waals surface area contributed by atoms with Crippen LogP contribution in [0.15, 0.2) is 0 Å². The Hall–Kier alpha value is -1.30. The Kier molecular flexibility index (Phi) is 1.39. The molecule has 11 heavy (non-hydrogen) atoms. The lowest BCUT2D eigenvalue weighted by Crippen LogP contribution is -1.99. The number of nitrogens with one attached hydrogen (secondary N) is 1. The molecule has 1 heterocycles. The lowest BCUT2D eigenvalue weighted by Gasteiger charge is -2.08. The quantitative estimate of drug-likeness (QED) is 0.558. The lowest BCUT2D eigenvalue weighted by atomic mass is 9.98. The molecule has 0 aliphatic heterocycles. The molecule has 56 valence electrons. The van der Waals surface area contributed by atoms with Gasteiger partial charge in [-0.05, 0) is 30.8 Å². The van der Waals surface area contributed by atoms with Crippen LogP contribution in [0.25, 0.3) is 4.85 Å². The van der Waals surface area contributed by atoms with E-state index in [1.54, 1.807) is 0 Å². The van der Waals surface area contributed by atoms with Crippen molar-refractivity contribution in [2.24, 2.45) is 0 Å². The lowest BCUT2D eigenvalue weighted by molar-refractivity contribution is 0.675. The highest BCUT2D eigenvalue weighted by Gasteiger charge is 2.16. The Morgan fingerprint density at radius 3 is 3.00 bits per heavy atom. The van der Waals surface area contributed by atoms with Crippen molar-refractivity contribution in [3.8, 4) is 0 Å². The molecule has 0 bridgehead atoms. The third-order valence-electron chi connectivity index (χ3n) is 2.14. The molecule has 0 spiro atoms. The van der Waals surface area contributed by atoms with Gasteiger partial charge in [0.1, 0.15) is 0 Å². The van der Waals surface area contributed by atoms with Crippen LogP contribution in [0.3, 0.4) is 0 Å². The van der Waals surface area contributed by atoms with Gasteiger partial charge in [0, 0.05) is 11.3 Å². The van der Waals surface area contributed by atoms with Gasteiger partial charge in [-0.15, -0.1) is 0 Å². The highest BCUT2D eigenvalue weighted by Crippen LogP contribution is 2.26. The monoisotopic (exact) mass is 147 g/mol. The third-order valence-corrected chi connectivity index (χ3v) is 2.14. The van der Waals surface area contributed by atoms with Gasteiger partial charge < -0.3 is 4.85 Å². The number of hydrogen-bond acceptors (Lipinski definition) is 1. The molecule has 1 aromatic rings. The number of H-pyrrole nitrogens is 1. The summed E-state index contributed by atoms with van der Waals surface area (Å²) in [5, 5.41) is 6.85. The number of rotatable bonds is 0. The Bertz CT molecular complexity index is 306. The highest BCUT2D eigenvalue weighted by atomic mass is 15.2. The van der Waals surface area contributed by atoms with Crippen LogP contribution in [-0.4, -0.2) is 10.2 Å². The molecule has 0 aromatic carbocycles. The Labute approximate surface area is 65.3 Å². The SMILES string of the molecule is [C-]#[N+]c1n[nH]c2c1CCCC2. The van der Waals surface area contributed by atoms with Gasteiger partial charge in [0.15, 0.2) is 0 Å². The van der Waals surface area contributed by atoms with Crippen LogP contribution in [0.2, 0.25) is 0 Å². The summed E-state index contributed by atoms with van der Waals surface area (Å²) >= 11 is 0. The van der Waals surface area contributed by atoms with E-state index >= 15 is 0 Å². The fourth-order valence-electron chi connectivity index (χ4n) is 1.56. The Morgan fingerprint density at radius 1 is 1.36 bits per heavy atom. The summed E-state index contributed by atoms with van der Waals surface area (Å²) in [6.45, 7) is 6.84. The van der Waals surface area contributed by atoms with E-state index in [1.165, 1.54) is 18.5 Å². The number of aromatic amines is 1. The van der Waals surface area contributed by atoms with Crippen LogP contribution >= 0.6 is 0 Å². The summed E-state index contributed by atoms with van der Waals surface area (Å²) < 4.78 is 0. The van der Waals surface area contributed by atoms with E-state index in [1.807, 2.05) is 0 Å². The van der Waals surface area contributed by atoms with Crippen LogP contribution in [-0.2, 0) is 12.8 Å². The second kappa shape index (κ2) is 2.39. The molecule has 3 nitrogen and oxygen atoms in total. The second-order valence-corrected chi connectivity index (χ2v) is 2.82. The van der Waals surface area contributed by atoms with Gasteiger partial charge in [0.05, 0.1) is 0 Å². The summed E-state index contributed by atoms with van der Waals surface area (Å²) in [5.74, 6) is 0.583. The molecule has 3 heteroatoms. The van der Waals surface area contributed by atoms with E-state index in [2.05, 4.69) is 15.0 Å². The highest BCUT2D eigenvalue weighted by molar-refractivity contribution is 5.48. The van der Waals surface area contributed by atoms with E-state index < -0.39 is 0 Å². The van der Waals surface area contributed by atoms with E-state index in [0.29, 0.717) is 5.82 Å². The van der Waals surface area contributed by atoms with Crippen molar-refractivity contribution in [2.75, 3.05) is 0 Å². The van der Waals surface area contributed by atoms with Crippen molar-refractivity contribution in [2.45, 2.75) is 25.7 Å². The normalized spacial score (nSPS) is 15.5. The van der Waals surface area contributed by atoms with Crippen LogP contribution in [0.4, 0.5) is 5.82 Å². The van der Waals surface area contributed by atoms with Gasteiger partial charge >= 0.3 is 0 Å². The molecule has 0 unspecified atom stereocenters. The molecule has 0 atom stereocenters. The molecule has 1 N–H and O–H groups in total. The van der Waals surface area contributed by atoms with Gasteiger partial charge in [-0.1, -0.05) is 6.57 Å². The minimum atomic E-state index is 0.583. The van der Waals surface area contributed by atoms with Crippen molar-refractivity contribution in [3.63, 3.8) is 0 Å². The van der Waals surface area contributed by atoms with Crippen LogP contribution in [0, 0.1) is 6.57 Å². The first kappa shape index (κ1) is 6.41. The molecule has 2 rings (SSSR count). The maximum absolute atomic E-state index is 6.84. The van der Waals surface area contributed by atoms with E-state index in [0.717, 1.165) is 18.4 Å². The van der Waals surface area contributed by atoms with Crippen molar-refractivity contribution in [1.29, 1.82) is 0 Å². The average molecular weight is 147 g/mol. The zero-order valence-corrected chi connectivity index (χ0v) is 6.22. The van der Waals surface area contributed by atoms with Gasteiger partial charge in [-0.3, -0.25) is 0 Å². The zero-order chi connectivity index (χ0) is 7.68. The maximum Gasteiger partial charge on any atom is 0.298 e. The molecular weight excluding hydrogens is 138 g/mol. The standard InChI is InChI=1S/C8H9N3/c1-9-8-6-4-2-3-5-7(6)10-11-8/h2-5H2,(H,10,11). The summed E-state index contributed by atoms with van der Waals surface area (Å²) in [7, 11) is 0. The van der Waals surface area contributed by atoms with Gasteiger partial charge in [0.25, 0.3) is 5.82 Å². The van der Waals surface area contributed by atoms with Gasteiger partial charge in [-0.25, -0.2) is 5.10 Å². The minimum absolute atomic E-state index is 0.583. The topological polar surface area (TPSA) is 33.0 Å². The third kappa shape index (κ3) is 0.911. The molecule has 1 aliphatic carbocycles. The predicted octanol–water partition coefficient (Wildman–Crippen LogP) is 1.84. The van der Waals surface area contributed by atoms with Crippen molar-refractivity contribution in [1.82, 2.24) is 10.2 Å². The first-order chi connectivity index (χ1) is 5.42.